The Hall–Kier alpha value is -2.49. The van der Waals surface area contributed by atoms with E-state index in [1.165, 1.54) is 11.1 Å². The van der Waals surface area contributed by atoms with Crippen molar-refractivity contribution in [2.24, 2.45) is 10.7 Å². The maximum absolute atomic E-state index is 5.75. The maximum atomic E-state index is 5.75. The van der Waals surface area contributed by atoms with Gasteiger partial charge >= 0.3 is 0 Å². The minimum atomic E-state index is 0.470. The van der Waals surface area contributed by atoms with Crippen LogP contribution in [0.15, 0.2) is 59.6 Å². The van der Waals surface area contributed by atoms with Gasteiger partial charge in [0, 0.05) is 13.6 Å². The number of nitrogens with one attached hydrogen (secondary N) is 1. The summed E-state index contributed by atoms with van der Waals surface area (Å²) in [7, 11) is 1.67. The van der Waals surface area contributed by atoms with Crippen LogP contribution in [0.5, 0.6) is 5.75 Å². The molecular weight excluding hydrogens is 262 g/mol. The van der Waals surface area contributed by atoms with E-state index in [2.05, 4.69) is 34.6 Å². The molecule has 0 aliphatic rings. The second-order valence-corrected chi connectivity index (χ2v) is 4.70. The van der Waals surface area contributed by atoms with E-state index < -0.39 is 0 Å². The van der Waals surface area contributed by atoms with E-state index in [4.69, 9.17) is 10.5 Å². The molecule has 0 aliphatic heterocycles. The van der Waals surface area contributed by atoms with Gasteiger partial charge in [-0.2, -0.15) is 0 Å². The molecule has 0 saturated heterocycles. The topological polar surface area (TPSA) is 59.6 Å². The molecule has 4 heteroatoms. The monoisotopic (exact) mass is 283 g/mol. The van der Waals surface area contributed by atoms with Gasteiger partial charge in [0.1, 0.15) is 12.4 Å². The Balaban J connectivity index is 1.79. The van der Waals surface area contributed by atoms with Crippen LogP contribution in [-0.4, -0.2) is 19.6 Å². The maximum Gasteiger partial charge on any atom is 0.188 e. The first kappa shape index (κ1) is 14.9. The minimum Gasteiger partial charge on any atom is -0.489 e. The van der Waals surface area contributed by atoms with E-state index >= 15 is 0 Å². The van der Waals surface area contributed by atoms with Gasteiger partial charge in [-0.15, -0.1) is 0 Å². The van der Waals surface area contributed by atoms with Crippen molar-refractivity contribution >= 4 is 5.96 Å². The van der Waals surface area contributed by atoms with E-state index in [0.29, 0.717) is 12.6 Å². The normalized spacial score (nSPS) is 11.2. The third-order valence-corrected chi connectivity index (χ3v) is 3.13. The second-order valence-electron chi connectivity index (χ2n) is 4.70. The molecular formula is C17H21N3O. The van der Waals surface area contributed by atoms with Crippen molar-refractivity contribution in [3.8, 4) is 5.75 Å². The molecule has 2 aromatic carbocycles. The SMILES string of the molecule is CN=C(N)NCCc1ccc(OCc2ccccc2)cc1. The summed E-state index contributed by atoms with van der Waals surface area (Å²) in [6.45, 7) is 1.36. The third kappa shape index (κ3) is 5.18. The van der Waals surface area contributed by atoms with E-state index in [9.17, 15) is 0 Å². The minimum absolute atomic E-state index is 0.470. The van der Waals surface area contributed by atoms with Crippen LogP contribution < -0.4 is 15.8 Å². The quantitative estimate of drug-likeness (QED) is 0.632. The molecule has 0 fully saturated rings. The van der Waals surface area contributed by atoms with Crippen molar-refractivity contribution in [2.75, 3.05) is 13.6 Å². The van der Waals surface area contributed by atoms with E-state index in [-0.39, 0.29) is 0 Å². The number of benzene rings is 2. The van der Waals surface area contributed by atoms with Crippen molar-refractivity contribution < 1.29 is 4.74 Å². The van der Waals surface area contributed by atoms with E-state index in [1.54, 1.807) is 7.05 Å². The number of rotatable bonds is 6. The van der Waals surface area contributed by atoms with Crippen LogP contribution in [0.4, 0.5) is 0 Å². The second kappa shape index (κ2) is 7.94. The van der Waals surface area contributed by atoms with Gasteiger partial charge < -0.3 is 15.8 Å². The van der Waals surface area contributed by atoms with Crippen molar-refractivity contribution in [2.45, 2.75) is 13.0 Å². The van der Waals surface area contributed by atoms with E-state index in [0.717, 1.165) is 18.7 Å². The Bertz CT molecular complexity index is 564. The van der Waals surface area contributed by atoms with Gasteiger partial charge in [0.15, 0.2) is 5.96 Å². The van der Waals surface area contributed by atoms with Gasteiger partial charge in [-0.05, 0) is 29.7 Å². The van der Waals surface area contributed by atoms with Gasteiger partial charge in [-0.1, -0.05) is 42.5 Å². The summed E-state index contributed by atoms with van der Waals surface area (Å²) in [4.78, 5) is 3.85. The molecule has 0 atom stereocenters. The predicted molar refractivity (Wildman–Crippen MR) is 86.5 cm³/mol. The van der Waals surface area contributed by atoms with Crippen molar-refractivity contribution in [1.29, 1.82) is 0 Å². The van der Waals surface area contributed by atoms with Crippen molar-refractivity contribution in [1.82, 2.24) is 5.32 Å². The molecule has 0 bridgehead atoms. The molecule has 0 aromatic heterocycles. The fraction of sp³-hybridized carbons (Fsp3) is 0.235. The number of guanidine groups is 1. The summed E-state index contributed by atoms with van der Waals surface area (Å²) >= 11 is 0. The Morgan fingerprint density at radius 3 is 2.43 bits per heavy atom. The molecule has 2 aromatic rings. The Morgan fingerprint density at radius 1 is 1.05 bits per heavy atom. The highest BCUT2D eigenvalue weighted by molar-refractivity contribution is 5.77. The molecule has 0 aliphatic carbocycles. The molecule has 0 spiro atoms. The number of hydrogen-bond donors (Lipinski definition) is 2. The average Bonchev–Trinajstić information content (AvgIpc) is 2.55. The summed E-state index contributed by atoms with van der Waals surface area (Å²) in [5.41, 5.74) is 7.98. The highest BCUT2D eigenvalue weighted by atomic mass is 16.5. The molecule has 3 N–H and O–H groups in total. The lowest BCUT2D eigenvalue weighted by Crippen LogP contribution is -2.32. The zero-order valence-electron chi connectivity index (χ0n) is 12.3. The lowest BCUT2D eigenvalue weighted by Gasteiger charge is -2.08. The third-order valence-electron chi connectivity index (χ3n) is 3.13. The number of nitrogens with two attached hydrogens (primary N) is 1. The Labute approximate surface area is 125 Å². The van der Waals surface area contributed by atoms with Crippen LogP contribution in [-0.2, 0) is 13.0 Å². The first-order chi connectivity index (χ1) is 10.3. The molecule has 21 heavy (non-hydrogen) atoms. The van der Waals surface area contributed by atoms with Crippen LogP contribution in [0.2, 0.25) is 0 Å². The first-order valence-electron chi connectivity index (χ1n) is 7.00. The van der Waals surface area contributed by atoms with Gasteiger partial charge in [0.25, 0.3) is 0 Å². The highest BCUT2D eigenvalue weighted by Crippen LogP contribution is 2.14. The molecule has 2 rings (SSSR count). The fourth-order valence-corrected chi connectivity index (χ4v) is 1.91. The smallest absolute Gasteiger partial charge is 0.188 e. The zero-order chi connectivity index (χ0) is 14.9. The van der Waals surface area contributed by atoms with Crippen LogP contribution in [0.1, 0.15) is 11.1 Å². The lowest BCUT2D eigenvalue weighted by atomic mass is 10.1. The Morgan fingerprint density at radius 2 is 1.76 bits per heavy atom. The summed E-state index contributed by atoms with van der Waals surface area (Å²) in [6.07, 6.45) is 0.898. The van der Waals surface area contributed by atoms with E-state index in [1.807, 2.05) is 30.3 Å². The summed E-state index contributed by atoms with van der Waals surface area (Å²) in [5.74, 6) is 1.35. The summed E-state index contributed by atoms with van der Waals surface area (Å²) in [6, 6.07) is 18.3. The number of aliphatic imine (C=N–C) groups is 1. The molecule has 0 heterocycles. The molecule has 110 valence electrons. The number of nitrogens with zero attached hydrogens (tertiary/aromatic N) is 1. The van der Waals surface area contributed by atoms with Gasteiger partial charge in [0.2, 0.25) is 0 Å². The fourth-order valence-electron chi connectivity index (χ4n) is 1.91. The van der Waals surface area contributed by atoms with Crippen LogP contribution >= 0.6 is 0 Å². The zero-order valence-corrected chi connectivity index (χ0v) is 12.3. The average molecular weight is 283 g/mol. The van der Waals surface area contributed by atoms with Gasteiger partial charge in [-0.25, -0.2) is 0 Å². The molecule has 0 amide bonds. The predicted octanol–water partition coefficient (Wildman–Crippen LogP) is 2.34. The summed E-state index contributed by atoms with van der Waals surface area (Å²) < 4.78 is 5.75. The molecule has 0 saturated carbocycles. The van der Waals surface area contributed by atoms with Gasteiger partial charge in [-0.3, -0.25) is 4.99 Å². The van der Waals surface area contributed by atoms with Crippen molar-refractivity contribution in [3.05, 3.63) is 65.7 Å². The lowest BCUT2D eigenvalue weighted by molar-refractivity contribution is 0.306. The van der Waals surface area contributed by atoms with Crippen LogP contribution in [0.25, 0.3) is 0 Å². The highest BCUT2D eigenvalue weighted by Gasteiger charge is 1.98. The number of hydrogen-bond acceptors (Lipinski definition) is 2. The summed E-state index contributed by atoms with van der Waals surface area (Å²) in [5, 5.41) is 3.04. The standard InChI is InChI=1S/C17H21N3O/c1-19-17(18)20-12-11-14-7-9-16(10-8-14)21-13-15-5-3-2-4-6-15/h2-10H,11-13H2,1H3,(H3,18,19,20). The largest absolute Gasteiger partial charge is 0.489 e. The molecule has 4 nitrogen and oxygen atoms in total. The van der Waals surface area contributed by atoms with Crippen LogP contribution in [0.3, 0.4) is 0 Å². The number of ether oxygens (including phenoxy) is 1. The Kier molecular flexibility index (Phi) is 5.64. The first-order valence-corrected chi connectivity index (χ1v) is 7.00. The van der Waals surface area contributed by atoms with Crippen molar-refractivity contribution in [3.63, 3.8) is 0 Å². The van der Waals surface area contributed by atoms with Crippen LogP contribution in [0, 0.1) is 0 Å². The molecule has 0 radical (unpaired) electrons. The van der Waals surface area contributed by atoms with Gasteiger partial charge in [0.05, 0.1) is 0 Å². The molecule has 0 unspecified atom stereocenters.